The van der Waals surface area contributed by atoms with Crippen LogP contribution in [0.2, 0.25) is 0 Å². The minimum absolute atomic E-state index is 0.362. The highest BCUT2D eigenvalue weighted by atomic mass is 32.1. The molecule has 0 amide bonds. The van der Waals surface area contributed by atoms with Crippen LogP contribution in [0.5, 0.6) is 0 Å². The lowest BCUT2D eigenvalue weighted by molar-refractivity contribution is 0.603. The molecule has 0 saturated carbocycles. The van der Waals surface area contributed by atoms with Gasteiger partial charge in [0.1, 0.15) is 0 Å². The molecule has 20 heavy (non-hydrogen) atoms. The van der Waals surface area contributed by atoms with E-state index >= 15 is 0 Å². The summed E-state index contributed by atoms with van der Waals surface area (Å²) in [6, 6.07) is 10.8. The van der Waals surface area contributed by atoms with E-state index in [1.165, 1.54) is 10.6 Å². The number of thiazole rings is 1. The molecule has 0 aliphatic rings. The molecule has 0 saturated heterocycles. The number of para-hydroxylation sites is 1. The average Bonchev–Trinajstić information content (AvgIpc) is 2.83. The van der Waals surface area contributed by atoms with Crippen molar-refractivity contribution in [1.29, 1.82) is 0 Å². The molecule has 4 heteroatoms. The Hall–Kier alpha value is -1.39. The summed E-state index contributed by atoms with van der Waals surface area (Å²) >= 11 is 1.79. The van der Waals surface area contributed by atoms with Crippen LogP contribution in [0.4, 0.5) is 10.8 Å². The molecule has 1 aromatic carbocycles. The zero-order valence-electron chi connectivity index (χ0n) is 12.7. The molecule has 0 spiro atoms. The first-order valence-electron chi connectivity index (χ1n) is 7.20. The lowest BCUT2D eigenvalue weighted by atomic mass is 10.2. The first-order chi connectivity index (χ1) is 9.67. The molecule has 108 valence electrons. The van der Waals surface area contributed by atoms with Crippen LogP contribution in [-0.4, -0.2) is 18.1 Å². The van der Waals surface area contributed by atoms with Crippen molar-refractivity contribution in [1.82, 2.24) is 10.3 Å². The first kappa shape index (κ1) is 15.0. The van der Waals surface area contributed by atoms with Crippen molar-refractivity contribution in [2.45, 2.75) is 33.7 Å². The zero-order valence-corrected chi connectivity index (χ0v) is 13.5. The van der Waals surface area contributed by atoms with Crippen molar-refractivity contribution in [3.05, 3.63) is 40.9 Å². The molecule has 0 aliphatic heterocycles. The average molecular weight is 289 g/mol. The van der Waals surface area contributed by atoms with Gasteiger partial charge in [-0.05, 0) is 39.4 Å². The van der Waals surface area contributed by atoms with Gasteiger partial charge in [0.05, 0.1) is 5.69 Å². The fourth-order valence-electron chi connectivity index (χ4n) is 2.35. The summed E-state index contributed by atoms with van der Waals surface area (Å²) in [6.45, 7) is 10.5. The third kappa shape index (κ3) is 3.19. The fourth-order valence-corrected chi connectivity index (χ4v) is 3.52. The molecule has 1 N–H and O–H groups in total. The Morgan fingerprint density at radius 3 is 2.55 bits per heavy atom. The second-order valence-corrected chi connectivity index (χ2v) is 5.81. The maximum atomic E-state index is 4.77. The van der Waals surface area contributed by atoms with Gasteiger partial charge in [0, 0.05) is 23.2 Å². The molecule has 1 atom stereocenters. The second kappa shape index (κ2) is 6.86. The van der Waals surface area contributed by atoms with Crippen molar-refractivity contribution in [3.63, 3.8) is 0 Å². The topological polar surface area (TPSA) is 28.2 Å². The van der Waals surface area contributed by atoms with Crippen molar-refractivity contribution in [2.24, 2.45) is 0 Å². The highest BCUT2D eigenvalue weighted by Gasteiger charge is 2.17. The van der Waals surface area contributed by atoms with Gasteiger partial charge in [-0.2, -0.15) is 0 Å². The highest BCUT2D eigenvalue weighted by Crippen LogP contribution is 2.34. The molecule has 2 aromatic rings. The Kier molecular flexibility index (Phi) is 5.15. The SMILES string of the molecule is CCNC(C)c1sc(N(CC)c2ccccc2)nc1C. The number of nitrogens with one attached hydrogen (secondary N) is 1. The normalized spacial score (nSPS) is 12.4. The molecular weight excluding hydrogens is 266 g/mol. The number of hydrogen-bond donors (Lipinski definition) is 1. The molecule has 0 bridgehead atoms. The maximum Gasteiger partial charge on any atom is 0.190 e. The van der Waals surface area contributed by atoms with E-state index in [2.05, 4.69) is 62.2 Å². The molecule has 0 aliphatic carbocycles. The zero-order chi connectivity index (χ0) is 14.5. The van der Waals surface area contributed by atoms with Gasteiger partial charge in [0.2, 0.25) is 0 Å². The molecule has 3 nitrogen and oxygen atoms in total. The molecular formula is C16H23N3S. The largest absolute Gasteiger partial charge is 0.318 e. The van der Waals surface area contributed by atoms with Gasteiger partial charge in [0.15, 0.2) is 5.13 Å². The number of aromatic nitrogens is 1. The summed E-state index contributed by atoms with van der Waals surface area (Å²) in [5, 5.41) is 4.54. The van der Waals surface area contributed by atoms with E-state index in [4.69, 9.17) is 4.98 Å². The van der Waals surface area contributed by atoms with Crippen LogP contribution in [0.3, 0.4) is 0 Å². The fraction of sp³-hybridized carbons (Fsp3) is 0.438. The van der Waals surface area contributed by atoms with E-state index < -0.39 is 0 Å². The number of nitrogens with zero attached hydrogens (tertiary/aromatic N) is 2. The summed E-state index contributed by atoms with van der Waals surface area (Å²) < 4.78 is 0. The molecule has 0 radical (unpaired) electrons. The van der Waals surface area contributed by atoms with Crippen molar-refractivity contribution >= 4 is 22.2 Å². The summed E-state index contributed by atoms with van der Waals surface area (Å²) in [5.74, 6) is 0. The molecule has 0 fully saturated rings. The molecule has 1 aromatic heterocycles. The predicted molar refractivity (Wildman–Crippen MR) is 88.1 cm³/mol. The summed E-state index contributed by atoms with van der Waals surface area (Å²) in [6.07, 6.45) is 0. The van der Waals surface area contributed by atoms with Crippen LogP contribution in [0.25, 0.3) is 0 Å². The quantitative estimate of drug-likeness (QED) is 0.860. The second-order valence-electron chi connectivity index (χ2n) is 4.81. The van der Waals surface area contributed by atoms with Gasteiger partial charge in [-0.1, -0.05) is 36.5 Å². The van der Waals surface area contributed by atoms with Gasteiger partial charge in [-0.25, -0.2) is 4.98 Å². The molecule has 1 unspecified atom stereocenters. The number of anilines is 2. The Morgan fingerprint density at radius 1 is 1.25 bits per heavy atom. The summed E-state index contributed by atoms with van der Waals surface area (Å²) in [7, 11) is 0. The lowest BCUT2D eigenvalue weighted by Crippen LogP contribution is -2.17. The van der Waals surface area contributed by atoms with Crippen LogP contribution >= 0.6 is 11.3 Å². The van der Waals surface area contributed by atoms with Gasteiger partial charge < -0.3 is 10.2 Å². The van der Waals surface area contributed by atoms with E-state index in [9.17, 15) is 0 Å². The lowest BCUT2D eigenvalue weighted by Gasteiger charge is -2.19. The molecule has 1 heterocycles. The maximum absolute atomic E-state index is 4.77. The van der Waals surface area contributed by atoms with E-state index in [0.717, 1.165) is 23.9 Å². The van der Waals surface area contributed by atoms with Crippen molar-refractivity contribution in [2.75, 3.05) is 18.0 Å². The van der Waals surface area contributed by atoms with E-state index in [1.54, 1.807) is 11.3 Å². The van der Waals surface area contributed by atoms with Crippen molar-refractivity contribution in [3.8, 4) is 0 Å². The predicted octanol–water partition coefficient (Wildman–Crippen LogP) is 4.28. The van der Waals surface area contributed by atoms with Gasteiger partial charge in [-0.3, -0.25) is 0 Å². The van der Waals surface area contributed by atoms with Gasteiger partial charge >= 0.3 is 0 Å². The van der Waals surface area contributed by atoms with Crippen molar-refractivity contribution < 1.29 is 0 Å². The highest BCUT2D eigenvalue weighted by molar-refractivity contribution is 7.15. The monoisotopic (exact) mass is 289 g/mol. The van der Waals surface area contributed by atoms with E-state index in [-0.39, 0.29) is 0 Å². The Labute approximate surface area is 125 Å². The number of hydrogen-bond acceptors (Lipinski definition) is 4. The first-order valence-corrected chi connectivity index (χ1v) is 8.02. The Morgan fingerprint density at radius 2 is 1.95 bits per heavy atom. The smallest absolute Gasteiger partial charge is 0.190 e. The van der Waals surface area contributed by atoms with Crippen LogP contribution < -0.4 is 10.2 Å². The van der Waals surface area contributed by atoms with Crippen LogP contribution in [-0.2, 0) is 0 Å². The van der Waals surface area contributed by atoms with Gasteiger partial charge in [-0.15, -0.1) is 0 Å². The molecule has 2 rings (SSSR count). The number of aryl methyl sites for hydroxylation is 1. The van der Waals surface area contributed by atoms with Crippen LogP contribution in [0.1, 0.15) is 37.4 Å². The summed E-state index contributed by atoms with van der Waals surface area (Å²) in [4.78, 5) is 8.36. The Bertz CT molecular complexity index is 536. The standard InChI is InChI=1S/C16H23N3S/c1-5-17-12(3)15-13(4)18-16(20-15)19(6-2)14-10-8-7-9-11-14/h7-12,17H,5-6H2,1-4H3. The number of rotatable bonds is 6. The number of benzene rings is 1. The van der Waals surface area contributed by atoms with E-state index in [0.29, 0.717) is 6.04 Å². The van der Waals surface area contributed by atoms with Crippen LogP contribution in [0, 0.1) is 6.92 Å². The van der Waals surface area contributed by atoms with Crippen LogP contribution in [0.15, 0.2) is 30.3 Å². The third-order valence-electron chi connectivity index (χ3n) is 3.34. The minimum Gasteiger partial charge on any atom is -0.318 e. The Balaban J connectivity index is 2.30. The van der Waals surface area contributed by atoms with E-state index in [1.807, 2.05) is 6.07 Å². The third-order valence-corrected chi connectivity index (χ3v) is 4.70. The van der Waals surface area contributed by atoms with Gasteiger partial charge in [0.25, 0.3) is 0 Å². The minimum atomic E-state index is 0.362. The summed E-state index contributed by atoms with van der Waals surface area (Å²) in [5.41, 5.74) is 2.33.